The lowest BCUT2D eigenvalue weighted by Crippen LogP contribution is -2.53. The van der Waals surface area contributed by atoms with E-state index in [1.165, 1.54) is 0 Å². The normalized spacial score (nSPS) is 21.4. The molecule has 0 aliphatic carbocycles. The van der Waals surface area contributed by atoms with Crippen LogP contribution in [0, 0.1) is 5.41 Å². The number of hydrogen-bond acceptors (Lipinski definition) is 3. The lowest BCUT2D eigenvalue weighted by atomic mass is 9.88. The van der Waals surface area contributed by atoms with Crippen molar-refractivity contribution in [3.05, 3.63) is 0 Å². The average molecular weight is 256 g/mol. The molecule has 1 fully saturated rings. The Hall–Kier alpha value is -0.610. The number of nitrogens with zero attached hydrogens (tertiary/aromatic N) is 1. The summed E-state index contributed by atoms with van der Waals surface area (Å²) in [5, 5.41) is 12.4. The highest BCUT2D eigenvalue weighted by Gasteiger charge is 2.31. The van der Waals surface area contributed by atoms with Gasteiger partial charge in [-0.25, -0.2) is 0 Å². The minimum Gasteiger partial charge on any atom is -0.396 e. The molecule has 0 aromatic carbocycles. The fourth-order valence-corrected chi connectivity index (χ4v) is 2.50. The summed E-state index contributed by atoms with van der Waals surface area (Å²) in [4.78, 5) is 14.3. The van der Waals surface area contributed by atoms with Gasteiger partial charge in [0.1, 0.15) is 0 Å². The van der Waals surface area contributed by atoms with Crippen molar-refractivity contribution < 1.29 is 9.90 Å². The van der Waals surface area contributed by atoms with E-state index in [1.54, 1.807) is 0 Å². The van der Waals surface area contributed by atoms with Crippen molar-refractivity contribution in [3.63, 3.8) is 0 Å². The highest BCUT2D eigenvalue weighted by atomic mass is 16.3. The molecule has 1 aliphatic rings. The Balaban J connectivity index is 2.52. The molecule has 1 amide bonds. The number of piperidine rings is 1. The van der Waals surface area contributed by atoms with E-state index in [1.807, 2.05) is 4.90 Å². The average Bonchev–Trinajstić information content (AvgIpc) is 2.30. The second-order valence-electron chi connectivity index (χ2n) is 6.05. The molecular weight excluding hydrogens is 228 g/mol. The minimum atomic E-state index is -0.00292. The fourth-order valence-electron chi connectivity index (χ4n) is 2.50. The fraction of sp³-hybridized carbons (Fsp3) is 0.929. The number of aliphatic hydroxyl groups is 1. The number of aliphatic hydroxyl groups excluding tert-OH is 1. The first kappa shape index (κ1) is 15.4. The van der Waals surface area contributed by atoms with E-state index in [2.05, 4.69) is 26.1 Å². The first-order chi connectivity index (χ1) is 8.50. The molecule has 106 valence electrons. The van der Waals surface area contributed by atoms with Crippen LogP contribution in [0.25, 0.3) is 0 Å². The van der Waals surface area contributed by atoms with Crippen molar-refractivity contribution in [1.29, 1.82) is 0 Å². The first-order valence-electron chi connectivity index (χ1n) is 7.13. The van der Waals surface area contributed by atoms with Crippen LogP contribution >= 0.6 is 0 Å². The second kappa shape index (κ2) is 7.10. The number of carbonyl (C=O) groups excluding carboxylic acids is 1. The Labute approximate surface area is 111 Å². The van der Waals surface area contributed by atoms with Crippen LogP contribution in [0.5, 0.6) is 0 Å². The molecule has 4 nitrogen and oxygen atoms in total. The van der Waals surface area contributed by atoms with Gasteiger partial charge in [0.15, 0.2) is 0 Å². The van der Waals surface area contributed by atoms with Crippen molar-refractivity contribution in [2.75, 3.05) is 26.2 Å². The SMILES string of the molecule is CCCNC1CCCN(CC(C)(C)CCO)C1=O. The maximum atomic E-state index is 12.3. The van der Waals surface area contributed by atoms with Gasteiger partial charge in [-0.15, -0.1) is 0 Å². The largest absolute Gasteiger partial charge is 0.396 e. The van der Waals surface area contributed by atoms with E-state index < -0.39 is 0 Å². The summed E-state index contributed by atoms with van der Waals surface area (Å²) in [6.07, 6.45) is 3.82. The molecule has 1 heterocycles. The summed E-state index contributed by atoms with van der Waals surface area (Å²) >= 11 is 0. The van der Waals surface area contributed by atoms with Gasteiger partial charge >= 0.3 is 0 Å². The number of nitrogens with one attached hydrogen (secondary N) is 1. The Kier molecular flexibility index (Phi) is 6.09. The number of likely N-dealkylation sites (tertiary alicyclic amines) is 1. The molecule has 0 saturated carbocycles. The minimum absolute atomic E-state index is 0.00292. The molecule has 1 atom stereocenters. The second-order valence-corrected chi connectivity index (χ2v) is 6.05. The zero-order chi connectivity index (χ0) is 13.6. The number of carbonyl (C=O) groups is 1. The van der Waals surface area contributed by atoms with Crippen molar-refractivity contribution in [1.82, 2.24) is 10.2 Å². The number of hydrogen-bond donors (Lipinski definition) is 2. The topological polar surface area (TPSA) is 52.6 Å². The van der Waals surface area contributed by atoms with Gasteiger partial charge in [-0.1, -0.05) is 20.8 Å². The molecule has 0 bridgehead atoms. The molecule has 1 unspecified atom stereocenters. The third-order valence-electron chi connectivity index (χ3n) is 3.58. The molecule has 4 heteroatoms. The van der Waals surface area contributed by atoms with Crippen LogP contribution in [-0.4, -0.2) is 48.2 Å². The van der Waals surface area contributed by atoms with Crippen molar-refractivity contribution in [3.8, 4) is 0 Å². The zero-order valence-electron chi connectivity index (χ0n) is 12.0. The third kappa shape index (κ3) is 4.58. The highest BCUT2D eigenvalue weighted by Crippen LogP contribution is 2.24. The molecule has 0 spiro atoms. The van der Waals surface area contributed by atoms with E-state index in [0.29, 0.717) is 0 Å². The monoisotopic (exact) mass is 256 g/mol. The van der Waals surface area contributed by atoms with Crippen LogP contribution in [0.2, 0.25) is 0 Å². The lowest BCUT2D eigenvalue weighted by molar-refractivity contribution is -0.137. The third-order valence-corrected chi connectivity index (χ3v) is 3.58. The molecule has 1 rings (SSSR count). The van der Waals surface area contributed by atoms with Gasteiger partial charge in [0, 0.05) is 19.7 Å². The van der Waals surface area contributed by atoms with Gasteiger partial charge in [-0.05, 0) is 37.6 Å². The molecule has 0 aromatic heterocycles. The molecule has 1 saturated heterocycles. The number of amides is 1. The highest BCUT2D eigenvalue weighted by molar-refractivity contribution is 5.82. The van der Waals surface area contributed by atoms with Crippen LogP contribution < -0.4 is 5.32 Å². The van der Waals surface area contributed by atoms with E-state index in [0.717, 1.165) is 45.3 Å². The Morgan fingerprint density at radius 2 is 2.22 bits per heavy atom. The first-order valence-corrected chi connectivity index (χ1v) is 7.13. The van der Waals surface area contributed by atoms with Crippen LogP contribution in [0.15, 0.2) is 0 Å². The Bertz CT molecular complexity index is 267. The number of rotatable bonds is 7. The standard InChI is InChI=1S/C14H28N2O2/c1-4-8-15-12-6-5-9-16(13(12)18)11-14(2,3)7-10-17/h12,15,17H,4-11H2,1-3H3. The predicted octanol–water partition coefficient (Wildman–Crippen LogP) is 1.39. The van der Waals surface area contributed by atoms with E-state index in [9.17, 15) is 4.79 Å². The summed E-state index contributed by atoms with van der Waals surface area (Å²) < 4.78 is 0. The van der Waals surface area contributed by atoms with Crippen LogP contribution in [0.1, 0.15) is 46.5 Å². The maximum Gasteiger partial charge on any atom is 0.239 e. The summed E-state index contributed by atoms with van der Waals surface area (Å²) in [5.74, 6) is 0.237. The quantitative estimate of drug-likeness (QED) is 0.723. The van der Waals surface area contributed by atoms with Crippen LogP contribution in [-0.2, 0) is 4.79 Å². The van der Waals surface area contributed by atoms with Gasteiger partial charge in [0.25, 0.3) is 0 Å². The Morgan fingerprint density at radius 1 is 1.50 bits per heavy atom. The van der Waals surface area contributed by atoms with Crippen molar-refractivity contribution in [2.24, 2.45) is 5.41 Å². The van der Waals surface area contributed by atoms with E-state index >= 15 is 0 Å². The van der Waals surface area contributed by atoms with Gasteiger partial charge < -0.3 is 15.3 Å². The van der Waals surface area contributed by atoms with Crippen molar-refractivity contribution in [2.45, 2.75) is 52.5 Å². The molecule has 1 aliphatic heterocycles. The predicted molar refractivity (Wildman–Crippen MR) is 73.4 cm³/mol. The van der Waals surface area contributed by atoms with Gasteiger partial charge in [-0.2, -0.15) is 0 Å². The lowest BCUT2D eigenvalue weighted by Gasteiger charge is -2.38. The molecule has 0 radical (unpaired) electrons. The zero-order valence-corrected chi connectivity index (χ0v) is 12.0. The summed E-state index contributed by atoms with van der Waals surface area (Å²) in [7, 11) is 0. The molecular formula is C14H28N2O2. The maximum absolute atomic E-state index is 12.3. The van der Waals surface area contributed by atoms with Gasteiger partial charge in [0.2, 0.25) is 5.91 Å². The molecule has 2 N–H and O–H groups in total. The molecule has 18 heavy (non-hydrogen) atoms. The smallest absolute Gasteiger partial charge is 0.239 e. The van der Waals surface area contributed by atoms with Crippen molar-refractivity contribution >= 4 is 5.91 Å². The summed E-state index contributed by atoms with van der Waals surface area (Å²) in [6.45, 7) is 9.03. The summed E-state index contributed by atoms with van der Waals surface area (Å²) in [5.41, 5.74) is -0.00292. The Morgan fingerprint density at radius 3 is 2.83 bits per heavy atom. The summed E-state index contributed by atoms with van der Waals surface area (Å²) in [6, 6.07) is 0.00336. The van der Waals surface area contributed by atoms with Gasteiger partial charge in [-0.3, -0.25) is 4.79 Å². The van der Waals surface area contributed by atoms with E-state index in [-0.39, 0.29) is 24.0 Å². The van der Waals surface area contributed by atoms with Gasteiger partial charge in [0.05, 0.1) is 6.04 Å². The molecule has 0 aromatic rings. The van der Waals surface area contributed by atoms with E-state index in [4.69, 9.17) is 5.11 Å². The van der Waals surface area contributed by atoms with Crippen LogP contribution in [0.4, 0.5) is 0 Å². The van der Waals surface area contributed by atoms with Crippen LogP contribution in [0.3, 0.4) is 0 Å².